The Bertz CT molecular complexity index is 962. The highest BCUT2D eigenvalue weighted by atomic mass is 79.9. The third-order valence-electron chi connectivity index (χ3n) is 4.29. The summed E-state index contributed by atoms with van der Waals surface area (Å²) in [6.07, 6.45) is 3.91. The molecule has 1 amide bonds. The average molecular weight is 562 g/mol. The van der Waals surface area contributed by atoms with Gasteiger partial charge >= 0.3 is 5.97 Å². The van der Waals surface area contributed by atoms with Crippen LogP contribution < -0.4 is 15.4 Å². The van der Waals surface area contributed by atoms with Gasteiger partial charge in [-0.05, 0) is 77.6 Å². The Labute approximate surface area is 194 Å². The molecule has 0 saturated heterocycles. The van der Waals surface area contributed by atoms with Crippen molar-refractivity contribution in [2.24, 2.45) is 0 Å². The van der Waals surface area contributed by atoms with Crippen molar-refractivity contribution in [2.45, 2.75) is 25.7 Å². The average Bonchev–Trinajstić information content (AvgIpc) is 3.04. The van der Waals surface area contributed by atoms with Crippen LogP contribution in [0, 0.1) is 0 Å². The first-order valence-electron chi connectivity index (χ1n) is 8.80. The second kappa shape index (κ2) is 10.0. The Hall–Kier alpha value is -1.49. The number of rotatable bonds is 5. The molecular formula is C19H18Br2N2O4S2. The van der Waals surface area contributed by atoms with Crippen LogP contribution in [-0.4, -0.2) is 30.7 Å². The van der Waals surface area contributed by atoms with Crippen LogP contribution in [0.4, 0.5) is 5.00 Å². The predicted molar refractivity (Wildman–Crippen MR) is 124 cm³/mol. The molecule has 29 heavy (non-hydrogen) atoms. The monoisotopic (exact) mass is 560 g/mol. The van der Waals surface area contributed by atoms with E-state index >= 15 is 0 Å². The number of fused-ring (bicyclic) bond motifs is 1. The number of hydrogen-bond acceptors (Lipinski definition) is 6. The number of amides is 1. The van der Waals surface area contributed by atoms with E-state index in [0.29, 0.717) is 16.3 Å². The van der Waals surface area contributed by atoms with E-state index in [4.69, 9.17) is 21.7 Å². The summed E-state index contributed by atoms with van der Waals surface area (Å²) < 4.78 is 12.1. The number of aryl methyl sites for hydroxylation is 1. The zero-order chi connectivity index (χ0) is 21.0. The first-order chi connectivity index (χ1) is 13.9. The van der Waals surface area contributed by atoms with E-state index in [1.165, 1.54) is 18.4 Å². The van der Waals surface area contributed by atoms with Crippen molar-refractivity contribution in [1.82, 2.24) is 5.32 Å². The molecule has 10 heteroatoms. The van der Waals surface area contributed by atoms with E-state index in [0.717, 1.165) is 45.1 Å². The molecule has 2 aromatic rings. The van der Waals surface area contributed by atoms with Crippen LogP contribution >= 0.6 is 55.4 Å². The van der Waals surface area contributed by atoms with Gasteiger partial charge in [-0.25, -0.2) is 4.79 Å². The van der Waals surface area contributed by atoms with Gasteiger partial charge in [-0.1, -0.05) is 15.9 Å². The highest BCUT2D eigenvalue weighted by molar-refractivity contribution is 9.11. The quantitative estimate of drug-likeness (QED) is 0.402. The molecule has 2 N–H and O–H groups in total. The van der Waals surface area contributed by atoms with Gasteiger partial charge in [0.15, 0.2) is 11.7 Å². The maximum absolute atomic E-state index is 12.3. The maximum Gasteiger partial charge on any atom is 0.341 e. The van der Waals surface area contributed by atoms with Crippen LogP contribution in [-0.2, 0) is 22.4 Å². The summed E-state index contributed by atoms with van der Waals surface area (Å²) in [4.78, 5) is 25.6. The minimum Gasteiger partial charge on any atom is -0.483 e. The van der Waals surface area contributed by atoms with Gasteiger partial charge in [0.1, 0.15) is 10.8 Å². The smallest absolute Gasteiger partial charge is 0.341 e. The van der Waals surface area contributed by atoms with Gasteiger partial charge in [0, 0.05) is 9.35 Å². The lowest BCUT2D eigenvalue weighted by Gasteiger charge is -2.12. The van der Waals surface area contributed by atoms with Gasteiger partial charge in [-0.15, -0.1) is 11.3 Å². The zero-order valence-corrected chi connectivity index (χ0v) is 20.3. The van der Waals surface area contributed by atoms with Crippen LogP contribution in [0.15, 0.2) is 27.1 Å². The molecule has 1 aliphatic carbocycles. The lowest BCUT2D eigenvalue weighted by molar-refractivity contribution is -0.121. The molecule has 0 radical (unpaired) electrons. The Kier molecular flexibility index (Phi) is 7.66. The third-order valence-corrected chi connectivity index (χ3v) is 6.82. The fourth-order valence-electron chi connectivity index (χ4n) is 3.00. The normalized spacial score (nSPS) is 12.7. The van der Waals surface area contributed by atoms with Crippen molar-refractivity contribution < 1.29 is 19.1 Å². The Balaban J connectivity index is 1.62. The number of ether oxygens (including phenoxy) is 2. The lowest BCUT2D eigenvalue weighted by atomic mass is 9.95. The van der Waals surface area contributed by atoms with E-state index in [2.05, 4.69) is 42.5 Å². The van der Waals surface area contributed by atoms with Gasteiger partial charge in [0.25, 0.3) is 5.91 Å². The molecule has 0 saturated carbocycles. The number of thiocarbonyl (C=S) groups is 1. The molecule has 3 rings (SSSR count). The number of hydrogen-bond donors (Lipinski definition) is 2. The summed E-state index contributed by atoms with van der Waals surface area (Å²) >= 11 is 13.5. The Morgan fingerprint density at radius 3 is 2.72 bits per heavy atom. The highest BCUT2D eigenvalue weighted by Crippen LogP contribution is 2.38. The molecule has 0 unspecified atom stereocenters. The molecule has 1 aromatic carbocycles. The van der Waals surface area contributed by atoms with Gasteiger partial charge in [0.2, 0.25) is 0 Å². The molecule has 0 spiro atoms. The van der Waals surface area contributed by atoms with Crippen molar-refractivity contribution in [3.05, 3.63) is 43.1 Å². The van der Waals surface area contributed by atoms with Gasteiger partial charge in [-0.2, -0.15) is 0 Å². The number of anilines is 1. The maximum atomic E-state index is 12.3. The van der Waals surface area contributed by atoms with Crippen molar-refractivity contribution in [3.8, 4) is 5.75 Å². The van der Waals surface area contributed by atoms with Crippen molar-refractivity contribution in [2.75, 3.05) is 19.0 Å². The zero-order valence-electron chi connectivity index (χ0n) is 15.5. The minimum absolute atomic E-state index is 0.109. The largest absolute Gasteiger partial charge is 0.483 e. The van der Waals surface area contributed by atoms with E-state index in [1.807, 2.05) is 12.1 Å². The number of carbonyl (C=O) groups excluding carboxylic acids is 2. The summed E-state index contributed by atoms with van der Waals surface area (Å²) in [7, 11) is 1.36. The molecule has 0 aliphatic heterocycles. The molecule has 0 bridgehead atoms. The van der Waals surface area contributed by atoms with E-state index in [9.17, 15) is 9.59 Å². The minimum atomic E-state index is -0.404. The number of benzene rings is 1. The number of thiophene rings is 1. The topological polar surface area (TPSA) is 76.7 Å². The second-order valence-corrected chi connectivity index (χ2v) is 9.56. The number of halogens is 2. The first-order valence-corrected chi connectivity index (χ1v) is 11.6. The van der Waals surface area contributed by atoms with Crippen LogP contribution in [0.5, 0.6) is 5.75 Å². The summed E-state index contributed by atoms with van der Waals surface area (Å²) in [5.74, 6) is -0.260. The molecule has 1 heterocycles. The number of carbonyl (C=O) groups is 2. The SMILES string of the molecule is COC(=O)c1c(NC(=S)NC(=O)COc2ccc(Br)cc2Br)sc2c1CCCC2. The number of nitrogens with one attached hydrogen (secondary N) is 2. The molecule has 0 atom stereocenters. The standard InChI is InChI=1S/C19H18Br2N2O4S2/c1-26-18(25)16-11-4-2-3-5-14(11)29-17(16)23-19(28)22-15(24)9-27-13-7-6-10(20)8-12(13)21/h6-8H,2-5,9H2,1H3,(H2,22,23,24,28). The van der Waals surface area contributed by atoms with Gasteiger partial charge in [0.05, 0.1) is 17.1 Å². The third kappa shape index (κ3) is 5.56. The second-order valence-electron chi connectivity index (χ2n) is 6.27. The molecule has 154 valence electrons. The molecule has 0 fully saturated rings. The molecule has 1 aromatic heterocycles. The van der Waals surface area contributed by atoms with Crippen molar-refractivity contribution in [1.29, 1.82) is 0 Å². The van der Waals surface area contributed by atoms with E-state index in [1.54, 1.807) is 6.07 Å². The number of methoxy groups -OCH3 is 1. The fourth-order valence-corrected chi connectivity index (χ4v) is 5.73. The van der Waals surface area contributed by atoms with Crippen LogP contribution in [0.25, 0.3) is 0 Å². The molecule has 1 aliphatic rings. The summed E-state index contributed by atoms with van der Waals surface area (Å²) in [6, 6.07) is 5.39. The van der Waals surface area contributed by atoms with Crippen molar-refractivity contribution >= 4 is 77.4 Å². The van der Waals surface area contributed by atoms with Crippen molar-refractivity contribution in [3.63, 3.8) is 0 Å². The predicted octanol–water partition coefficient (Wildman–Crippen LogP) is 4.83. The first kappa shape index (κ1) is 22.2. The van der Waals surface area contributed by atoms with Crippen LogP contribution in [0.1, 0.15) is 33.6 Å². The van der Waals surface area contributed by atoms with Gasteiger partial charge < -0.3 is 14.8 Å². The fraction of sp³-hybridized carbons (Fsp3) is 0.316. The molecule has 6 nitrogen and oxygen atoms in total. The van der Waals surface area contributed by atoms with Crippen LogP contribution in [0.3, 0.4) is 0 Å². The number of esters is 1. The van der Waals surface area contributed by atoms with E-state index in [-0.39, 0.29) is 11.7 Å². The highest BCUT2D eigenvalue weighted by Gasteiger charge is 2.26. The van der Waals surface area contributed by atoms with E-state index < -0.39 is 11.9 Å². The molecular weight excluding hydrogens is 544 g/mol. The lowest BCUT2D eigenvalue weighted by Crippen LogP contribution is -2.37. The van der Waals surface area contributed by atoms with Crippen LogP contribution in [0.2, 0.25) is 0 Å². The Morgan fingerprint density at radius 1 is 1.24 bits per heavy atom. The summed E-state index contributed by atoms with van der Waals surface area (Å²) in [6.45, 7) is -0.202. The summed E-state index contributed by atoms with van der Waals surface area (Å²) in [5.41, 5.74) is 1.53. The van der Waals surface area contributed by atoms with Gasteiger partial charge in [-0.3, -0.25) is 10.1 Å². The summed E-state index contributed by atoms with van der Waals surface area (Å²) in [5, 5.41) is 6.27. The Morgan fingerprint density at radius 2 is 2.00 bits per heavy atom.